The number of hydrogen-bond donors (Lipinski definition) is 1. The molecular weight excluding hydrogens is 526 g/mol. The van der Waals surface area contributed by atoms with E-state index < -0.39 is 28.5 Å². The maximum Gasteiger partial charge on any atom is 0.264 e. The van der Waals surface area contributed by atoms with Gasteiger partial charge in [0.25, 0.3) is 10.0 Å². The molecule has 0 aromatic heterocycles. The van der Waals surface area contributed by atoms with E-state index in [1.165, 1.54) is 17.0 Å². The topological polar surface area (TPSA) is 96.0 Å². The van der Waals surface area contributed by atoms with Crippen LogP contribution in [0.2, 0.25) is 0 Å². The van der Waals surface area contributed by atoms with Gasteiger partial charge >= 0.3 is 0 Å². The number of sulfonamides is 1. The van der Waals surface area contributed by atoms with Gasteiger partial charge < -0.3 is 15.0 Å². The number of ether oxygens (including phenoxy) is 1. The average Bonchev–Trinajstić information content (AvgIpc) is 2.94. The van der Waals surface area contributed by atoms with Gasteiger partial charge in [-0.3, -0.25) is 13.9 Å². The lowest BCUT2D eigenvalue weighted by molar-refractivity contribution is -0.139. The van der Waals surface area contributed by atoms with E-state index >= 15 is 0 Å². The number of benzene rings is 3. The van der Waals surface area contributed by atoms with E-state index in [4.69, 9.17) is 4.74 Å². The fourth-order valence-corrected chi connectivity index (χ4v) is 5.64. The molecule has 0 aliphatic carbocycles. The molecule has 1 N–H and O–H groups in total. The van der Waals surface area contributed by atoms with Crippen LogP contribution in [0.4, 0.5) is 5.69 Å². The molecule has 1 atom stereocenters. The van der Waals surface area contributed by atoms with Crippen LogP contribution in [-0.4, -0.2) is 51.4 Å². The van der Waals surface area contributed by atoms with Crippen LogP contribution in [0.5, 0.6) is 5.75 Å². The molecule has 0 saturated carbocycles. The summed E-state index contributed by atoms with van der Waals surface area (Å²) in [4.78, 5) is 28.6. The third-order valence-corrected chi connectivity index (χ3v) is 8.45. The summed E-state index contributed by atoms with van der Waals surface area (Å²) in [5.41, 5.74) is 2.90. The van der Waals surface area contributed by atoms with Crippen molar-refractivity contribution >= 4 is 27.5 Å². The molecule has 3 aromatic rings. The van der Waals surface area contributed by atoms with Gasteiger partial charge in [-0.1, -0.05) is 55.3 Å². The van der Waals surface area contributed by atoms with E-state index in [1.807, 2.05) is 39.0 Å². The van der Waals surface area contributed by atoms with E-state index in [2.05, 4.69) is 5.32 Å². The van der Waals surface area contributed by atoms with Gasteiger partial charge in [-0.2, -0.15) is 0 Å². The first kappa shape index (κ1) is 30.7. The van der Waals surface area contributed by atoms with Crippen molar-refractivity contribution < 1.29 is 22.7 Å². The lowest BCUT2D eigenvalue weighted by Gasteiger charge is -2.32. The zero-order valence-corrected chi connectivity index (χ0v) is 24.7. The average molecular weight is 566 g/mol. The molecule has 8 nitrogen and oxygen atoms in total. The van der Waals surface area contributed by atoms with Crippen molar-refractivity contribution in [1.82, 2.24) is 10.2 Å². The first-order valence-corrected chi connectivity index (χ1v) is 14.9. The maximum absolute atomic E-state index is 14.0. The summed E-state index contributed by atoms with van der Waals surface area (Å²) >= 11 is 0. The minimum absolute atomic E-state index is 0.0807. The van der Waals surface area contributed by atoms with Crippen molar-refractivity contribution in [2.75, 3.05) is 24.5 Å². The summed E-state index contributed by atoms with van der Waals surface area (Å²) in [6.45, 7) is 7.55. The fourth-order valence-electron chi connectivity index (χ4n) is 4.24. The van der Waals surface area contributed by atoms with E-state index in [0.29, 0.717) is 18.0 Å². The quantitative estimate of drug-likeness (QED) is 0.299. The number of methoxy groups -OCH3 is 1. The predicted octanol–water partition coefficient (Wildman–Crippen LogP) is 4.84. The Balaban J connectivity index is 2.01. The highest BCUT2D eigenvalue weighted by Gasteiger charge is 2.32. The van der Waals surface area contributed by atoms with Crippen LogP contribution in [0.25, 0.3) is 0 Å². The van der Waals surface area contributed by atoms with Gasteiger partial charge in [-0.25, -0.2) is 8.42 Å². The molecule has 0 heterocycles. The first-order valence-electron chi connectivity index (χ1n) is 13.4. The summed E-state index contributed by atoms with van der Waals surface area (Å²) in [5, 5.41) is 2.89. The SMILES string of the molecule is CCCCNC(=O)[C@H](C)N(Cc1cccc(OC)c1)C(=O)CN(c1cccc(C)c1)S(=O)(=O)c1ccc(C)cc1. The molecule has 3 rings (SSSR count). The molecule has 3 aromatic carbocycles. The van der Waals surface area contributed by atoms with Crippen molar-refractivity contribution in [2.24, 2.45) is 0 Å². The minimum atomic E-state index is -4.10. The van der Waals surface area contributed by atoms with Crippen molar-refractivity contribution in [2.45, 2.75) is 58.0 Å². The number of aryl methyl sites for hydroxylation is 2. The van der Waals surface area contributed by atoms with Crippen molar-refractivity contribution in [3.8, 4) is 5.75 Å². The van der Waals surface area contributed by atoms with Gasteiger partial charge in [0.2, 0.25) is 11.8 Å². The van der Waals surface area contributed by atoms with Crippen LogP contribution >= 0.6 is 0 Å². The van der Waals surface area contributed by atoms with Crippen LogP contribution < -0.4 is 14.4 Å². The van der Waals surface area contributed by atoms with Gasteiger partial charge in [0.05, 0.1) is 17.7 Å². The number of nitrogens with zero attached hydrogens (tertiary/aromatic N) is 2. The van der Waals surface area contributed by atoms with Gasteiger partial charge in [-0.05, 0) is 74.7 Å². The van der Waals surface area contributed by atoms with Crippen molar-refractivity contribution in [1.29, 1.82) is 0 Å². The number of carbonyl (C=O) groups excluding carboxylic acids is 2. The molecule has 0 spiro atoms. The van der Waals surface area contributed by atoms with Crippen LogP contribution in [-0.2, 0) is 26.2 Å². The Bertz CT molecular complexity index is 1410. The maximum atomic E-state index is 14.0. The molecule has 0 unspecified atom stereocenters. The molecule has 0 saturated heterocycles. The molecule has 40 heavy (non-hydrogen) atoms. The first-order chi connectivity index (χ1) is 19.1. The van der Waals surface area contributed by atoms with E-state index in [-0.39, 0.29) is 17.3 Å². The van der Waals surface area contributed by atoms with Crippen LogP contribution in [0.15, 0.2) is 77.7 Å². The predicted molar refractivity (Wildman–Crippen MR) is 158 cm³/mol. The monoisotopic (exact) mass is 565 g/mol. The van der Waals surface area contributed by atoms with Crippen molar-refractivity contribution in [3.63, 3.8) is 0 Å². The number of nitrogens with one attached hydrogen (secondary N) is 1. The highest BCUT2D eigenvalue weighted by molar-refractivity contribution is 7.92. The molecule has 2 amide bonds. The summed E-state index contributed by atoms with van der Waals surface area (Å²) in [7, 11) is -2.54. The van der Waals surface area contributed by atoms with Gasteiger partial charge in [-0.15, -0.1) is 0 Å². The Morgan fingerprint density at radius 1 is 0.950 bits per heavy atom. The van der Waals surface area contributed by atoms with Crippen LogP contribution in [0, 0.1) is 13.8 Å². The number of hydrogen-bond acceptors (Lipinski definition) is 5. The Labute approximate surface area is 238 Å². The van der Waals surface area contributed by atoms with E-state index in [9.17, 15) is 18.0 Å². The molecule has 0 aliphatic heterocycles. The highest BCUT2D eigenvalue weighted by Crippen LogP contribution is 2.26. The van der Waals surface area contributed by atoms with Crippen LogP contribution in [0.3, 0.4) is 0 Å². The molecular formula is C31H39N3O5S. The van der Waals surface area contributed by atoms with Crippen molar-refractivity contribution in [3.05, 3.63) is 89.5 Å². The number of anilines is 1. The second kappa shape index (κ2) is 14.0. The van der Waals surface area contributed by atoms with Gasteiger partial charge in [0.15, 0.2) is 0 Å². The molecule has 214 valence electrons. The highest BCUT2D eigenvalue weighted by atomic mass is 32.2. The third-order valence-electron chi connectivity index (χ3n) is 6.66. The summed E-state index contributed by atoms with van der Waals surface area (Å²) < 4.78 is 34.2. The summed E-state index contributed by atoms with van der Waals surface area (Å²) in [6.07, 6.45) is 1.74. The van der Waals surface area contributed by atoms with E-state index in [1.54, 1.807) is 56.5 Å². The lowest BCUT2D eigenvalue weighted by atomic mass is 10.1. The zero-order chi connectivity index (χ0) is 29.3. The molecule has 0 bridgehead atoms. The Morgan fingerprint density at radius 3 is 2.30 bits per heavy atom. The lowest BCUT2D eigenvalue weighted by Crippen LogP contribution is -2.51. The smallest absolute Gasteiger partial charge is 0.264 e. The second-order valence-corrected chi connectivity index (χ2v) is 11.7. The normalized spacial score (nSPS) is 11.9. The number of unbranched alkanes of at least 4 members (excludes halogenated alkanes) is 1. The number of rotatable bonds is 13. The van der Waals surface area contributed by atoms with Gasteiger partial charge in [0, 0.05) is 13.1 Å². The third kappa shape index (κ3) is 7.85. The molecule has 0 aliphatic rings. The van der Waals surface area contributed by atoms with Crippen LogP contribution in [0.1, 0.15) is 43.4 Å². The standard InChI is InChI=1S/C31H39N3O5S/c1-6-7-18-32-31(36)25(4)33(21-26-11-9-13-28(20-26)39-5)30(35)22-34(27-12-8-10-24(3)19-27)40(37,38)29-16-14-23(2)15-17-29/h8-17,19-20,25H,6-7,18,21-22H2,1-5H3,(H,32,36)/t25-/m0/s1. The summed E-state index contributed by atoms with van der Waals surface area (Å²) in [5.74, 6) is -0.181. The molecule has 0 radical (unpaired) electrons. The largest absolute Gasteiger partial charge is 0.497 e. The molecule has 0 fully saturated rings. The Kier molecular flexibility index (Phi) is 10.7. The summed E-state index contributed by atoms with van der Waals surface area (Å²) in [6, 6.07) is 19.9. The zero-order valence-electron chi connectivity index (χ0n) is 23.9. The molecule has 9 heteroatoms. The fraction of sp³-hybridized carbons (Fsp3) is 0.355. The minimum Gasteiger partial charge on any atom is -0.497 e. The second-order valence-electron chi connectivity index (χ2n) is 9.86. The van der Waals surface area contributed by atoms with Gasteiger partial charge in [0.1, 0.15) is 18.3 Å². The number of amides is 2. The Morgan fingerprint density at radius 2 is 1.65 bits per heavy atom. The number of carbonyl (C=O) groups is 2. The Hall–Kier alpha value is -3.85. The van der Waals surface area contributed by atoms with E-state index in [0.717, 1.165) is 33.8 Å².